The zero-order chi connectivity index (χ0) is 22.5. The third-order valence-corrected chi connectivity index (χ3v) is 5.07. The lowest BCUT2D eigenvalue weighted by Crippen LogP contribution is -2.15. The maximum Gasteiger partial charge on any atom is 0.286 e. The molecule has 0 unspecified atom stereocenters. The van der Waals surface area contributed by atoms with Gasteiger partial charge < -0.3 is 14.8 Å². The van der Waals surface area contributed by atoms with Gasteiger partial charge in [0.15, 0.2) is 17.3 Å². The number of amides is 1. The summed E-state index contributed by atoms with van der Waals surface area (Å²) in [4.78, 5) is 28.0. The molecule has 2 aromatic carbocycles. The maximum atomic E-state index is 12.8. The van der Waals surface area contributed by atoms with E-state index < -0.39 is 16.5 Å². The Labute approximate surface area is 186 Å². The largest absolute Gasteiger partial charge is 0.493 e. The average Bonchev–Trinajstić information content (AvgIpc) is 3.50. The van der Waals surface area contributed by atoms with Crippen LogP contribution in [0.15, 0.2) is 65.6 Å². The Bertz CT molecular complexity index is 1240. The normalized spacial score (nSPS) is 10.5. The minimum Gasteiger partial charge on any atom is -0.493 e. The summed E-state index contributed by atoms with van der Waals surface area (Å²) >= 11 is 1.41. The number of nitro groups is 1. The molecule has 11 heteroatoms. The van der Waals surface area contributed by atoms with Crippen molar-refractivity contribution in [1.29, 1.82) is 0 Å². The summed E-state index contributed by atoms with van der Waals surface area (Å²) in [5, 5.41) is 20.3. The van der Waals surface area contributed by atoms with E-state index >= 15 is 0 Å². The van der Waals surface area contributed by atoms with Gasteiger partial charge >= 0.3 is 0 Å². The quantitative estimate of drug-likeness (QED) is 0.316. The molecule has 0 aliphatic heterocycles. The van der Waals surface area contributed by atoms with Crippen molar-refractivity contribution in [3.63, 3.8) is 0 Å². The number of carbonyl (C=O) groups is 1. The van der Waals surface area contributed by atoms with E-state index in [1.807, 2.05) is 30.3 Å². The van der Waals surface area contributed by atoms with Crippen LogP contribution in [0.4, 0.5) is 11.5 Å². The number of para-hydroxylation sites is 1. The molecule has 2 heterocycles. The molecule has 0 spiro atoms. The monoisotopic (exact) mass is 451 g/mol. The molecule has 32 heavy (non-hydrogen) atoms. The van der Waals surface area contributed by atoms with Crippen LogP contribution >= 0.6 is 11.3 Å². The Morgan fingerprint density at radius 1 is 1.22 bits per heavy atom. The highest BCUT2D eigenvalue weighted by Gasteiger charge is 2.25. The van der Waals surface area contributed by atoms with E-state index in [2.05, 4.69) is 15.4 Å². The van der Waals surface area contributed by atoms with Crippen LogP contribution in [0.5, 0.6) is 11.5 Å². The molecular weight excluding hydrogens is 434 g/mol. The van der Waals surface area contributed by atoms with Crippen molar-refractivity contribution in [3.8, 4) is 17.2 Å². The van der Waals surface area contributed by atoms with Gasteiger partial charge in [-0.3, -0.25) is 14.9 Å². The van der Waals surface area contributed by atoms with E-state index in [9.17, 15) is 14.9 Å². The zero-order valence-corrected chi connectivity index (χ0v) is 17.6. The predicted octanol–water partition coefficient (Wildman–Crippen LogP) is 4.08. The predicted molar refractivity (Wildman–Crippen MR) is 118 cm³/mol. The lowest BCUT2D eigenvalue weighted by molar-refractivity contribution is -0.385. The highest BCUT2D eigenvalue weighted by molar-refractivity contribution is 7.07. The number of hydrogen-bond acceptors (Lipinski definition) is 8. The molecule has 4 rings (SSSR count). The van der Waals surface area contributed by atoms with Crippen molar-refractivity contribution in [1.82, 2.24) is 14.8 Å². The van der Waals surface area contributed by atoms with Crippen LogP contribution in [0.25, 0.3) is 5.69 Å². The van der Waals surface area contributed by atoms with Crippen LogP contribution in [-0.4, -0.2) is 32.7 Å². The smallest absolute Gasteiger partial charge is 0.286 e. The van der Waals surface area contributed by atoms with Gasteiger partial charge in [-0.15, -0.1) is 11.3 Å². The van der Waals surface area contributed by atoms with Crippen LogP contribution < -0.4 is 14.8 Å². The minimum atomic E-state index is -0.695. The van der Waals surface area contributed by atoms with Gasteiger partial charge in [0.2, 0.25) is 0 Å². The summed E-state index contributed by atoms with van der Waals surface area (Å²) < 4.78 is 12.5. The second-order valence-electron chi connectivity index (χ2n) is 6.48. The molecule has 0 bridgehead atoms. The zero-order valence-electron chi connectivity index (χ0n) is 16.8. The number of hydrogen-bond donors (Lipinski definition) is 1. The summed E-state index contributed by atoms with van der Waals surface area (Å²) in [6.07, 6.45) is 1.68. The Morgan fingerprint density at radius 2 is 2.03 bits per heavy atom. The number of anilines is 1. The Morgan fingerprint density at radius 3 is 2.72 bits per heavy atom. The first kappa shape index (κ1) is 21.0. The molecule has 1 N–H and O–H groups in total. The first-order valence-corrected chi connectivity index (χ1v) is 10.3. The SMILES string of the molecule is COc1cc(C(=O)Nc2ccn(-c3ccccc3)n2)c([N+](=O)[O-])cc1OCc1cscn1. The molecule has 2 aromatic heterocycles. The summed E-state index contributed by atoms with van der Waals surface area (Å²) in [7, 11) is 1.39. The van der Waals surface area contributed by atoms with E-state index in [1.165, 1.54) is 30.6 Å². The number of thiazole rings is 1. The van der Waals surface area contributed by atoms with Crippen molar-refractivity contribution >= 4 is 28.7 Å². The van der Waals surface area contributed by atoms with Gasteiger partial charge in [-0.25, -0.2) is 9.67 Å². The van der Waals surface area contributed by atoms with Crippen molar-refractivity contribution in [2.75, 3.05) is 12.4 Å². The number of methoxy groups -OCH3 is 1. The number of nitrogens with zero attached hydrogens (tertiary/aromatic N) is 4. The van der Waals surface area contributed by atoms with E-state index in [-0.39, 0.29) is 29.5 Å². The number of benzene rings is 2. The van der Waals surface area contributed by atoms with Crippen LogP contribution in [0.2, 0.25) is 0 Å². The highest BCUT2D eigenvalue weighted by Crippen LogP contribution is 2.35. The van der Waals surface area contributed by atoms with Crippen LogP contribution in [0, 0.1) is 10.1 Å². The lowest BCUT2D eigenvalue weighted by atomic mass is 10.1. The molecule has 0 radical (unpaired) electrons. The molecule has 0 aliphatic carbocycles. The fraction of sp³-hybridized carbons (Fsp3) is 0.0952. The third kappa shape index (κ3) is 4.57. The topological polar surface area (TPSA) is 121 Å². The molecule has 0 fully saturated rings. The molecule has 162 valence electrons. The molecule has 4 aromatic rings. The van der Waals surface area contributed by atoms with Crippen molar-refractivity contribution in [2.45, 2.75) is 6.61 Å². The fourth-order valence-corrected chi connectivity index (χ4v) is 3.46. The van der Waals surface area contributed by atoms with Crippen molar-refractivity contribution < 1.29 is 19.2 Å². The van der Waals surface area contributed by atoms with Crippen molar-refractivity contribution in [2.24, 2.45) is 0 Å². The minimum absolute atomic E-state index is 0.111. The standard InChI is InChI=1S/C21H17N5O5S/c1-30-18-9-16(17(26(28)29)10-19(18)31-11-14-12-32-13-22-14)21(27)23-20-7-8-25(24-20)15-5-3-2-4-6-15/h2-10,12-13H,11H2,1H3,(H,23,24,27). The van der Waals surface area contributed by atoms with E-state index in [0.717, 1.165) is 5.69 Å². The molecular formula is C21H17N5O5S. The summed E-state index contributed by atoms with van der Waals surface area (Å²) in [6.45, 7) is 0.111. The fourth-order valence-electron chi connectivity index (χ4n) is 2.91. The number of carbonyl (C=O) groups excluding carboxylic acids is 1. The van der Waals surface area contributed by atoms with E-state index in [1.54, 1.807) is 27.8 Å². The number of aromatic nitrogens is 3. The molecule has 0 atom stereocenters. The first-order valence-electron chi connectivity index (χ1n) is 9.34. The Hall–Kier alpha value is -4.25. The summed E-state index contributed by atoms with van der Waals surface area (Å²) in [6, 6.07) is 13.4. The van der Waals surface area contributed by atoms with Crippen LogP contribution in [-0.2, 0) is 6.61 Å². The summed E-state index contributed by atoms with van der Waals surface area (Å²) in [5.41, 5.74) is 2.55. The van der Waals surface area contributed by atoms with E-state index in [0.29, 0.717) is 5.69 Å². The van der Waals surface area contributed by atoms with Crippen LogP contribution in [0.1, 0.15) is 16.1 Å². The van der Waals surface area contributed by atoms with Gasteiger partial charge in [0.25, 0.3) is 11.6 Å². The molecule has 0 saturated heterocycles. The lowest BCUT2D eigenvalue weighted by Gasteiger charge is -2.12. The number of nitro benzene ring substituents is 1. The average molecular weight is 451 g/mol. The third-order valence-electron chi connectivity index (χ3n) is 4.43. The number of nitrogens with one attached hydrogen (secondary N) is 1. The van der Waals surface area contributed by atoms with Crippen LogP contribution in [0.3, 0.4) is 0 Å². The van der Waals surface area contributed by atoms with Gasteiger partial charge in [0.05, 0.1) is 35.0 Å². The molecule has 1 amide bonds. The Kier molecular flexibility index (Phi) is 6.08. The van der Waals surface area contributed by atoms with Gasteiger partial charge in [-0.2, -0.15) is 5.10 Å². The van der Waals surface area contributed by atoms with Gasteiger partial charge in [0.1, 0.15) is 12.2 Å². The van der Waals surface area contributed by atoms with E-state index in [4.69, 9.17) is 9.47 Å². The molecule has 0 aliphatic rings. The Balaban J connectivity index is 1.58. The van der Waals surface area contributed by atoms with Gasteiger partial charge in [-0.1, -0.05) is 18.2 Å². The first-order chi connectivity index (χ1) is 15.5. The number of ether oxygens (including phenoxy) is 2. The number of rotatable bonds is 8. The molecule has 10 nitrogen and oxygen atoms in total. The maximum absolute atomic E-state index is 12.8. The van der Waals surface area contributed by atoms with Gasteiger partial charge in [-0.05, 0) is 12.1 Å². The second-order valence-corrected chi connectivity index (χ2v) is 7.20. The van der Waals surface area contributed by atoms with Crippen molar-refractivity contribution in [3.05, 3.63) is 87.0 Å². The highest BCUT2D eigenvalue weighted by atomic mass is 32.1. The molecule has 0 saturated carbocycles. The second kappa shape index (κ2) is 9.27. The summed E-state index contributed by atoms with van der Waals surface area (Å²) in [5.74, 6) is -0.127. The van der Waals surface area contributed by atoms with Gasteiger partial charge in [0, 0.05) is 23.7 Å².